The fraction of sp³-hybridized carbons (Fsp3) is 0.462. The Kier molecular flexibility index (Phi) is 5.45. The zero-order valence-corrected chi connectivity index (χ0v) is 10.9. The van der Waals surface area contributed by atoms with Gasteiger partial charge in [0.25, 0.3) is 0 Å². The van der Waals surface area contributed by atoms with E-state index >= 15 is 0 Å². The molecule has 0 fully saturated rings. The minimum Gasteiger partial charge on any atom is -0.481 e. The molecule has 1 aromatic carbocycles. The van der Waals surface area contributed by atoms with Crippen LogP contribution in [-0.2, 0) is 11.3 Å². The van der Waals surface area contributed by atoms with Gasteiger partial charge in [0.05, 0.1) is 6.42 Å². The lowest BCUT2D eigenvalue weighted by Gasteiger charge is -2.21. The standard InChI is InChI=1S/C13H18ClNO2/c1-9(2)12(7-13(16)17)15-8-10-5-3-4-6-11(10)14/h3-6,9,12,15H,7-8H2,1-2H3,(H,16,17)/t12-/m0/s1. The quantitative estimate of drug-likeness (QED) is 0.822. The molecule has 94 valence electrons. The largest absolute Gasteiger partial charge is 0.481 e. The number of carboxylic acids is 1. The predicted molar refractivity (Wildman–Crippen MR) is 69.2 cm³/mol. The number of rotatable bonds is 6. The summed E-state index contributed by atoms with van der Waals surface area (Å²) in [5.74, 6) is -0.510. The van der Waals surface area contributed by atoms with Gasteiger partial charge in [-0.25, -0.2) is 0 Å². The van der Waals surface area contributed by atoms with E-state index in [4.69, 9.17) is 16.7 Å². The van der Waals surface area contributed by atoms with Crippen LogP contribution >= 0.6 is 11.6 Å². The van der Waals surface area contributed by atoms with Crippen LogP contribution < -0.4 is 5.32 Å². The van der Waals surface area contributed by atoms with E-state index in [0.29, 0.717) is 11.6 Å². The summed E-state index contributed by atoms with van der Waals surface area (Å²) >= 11 is 6.04. The van der Waals surface area contributed by atoms with Gasteiger partial charge in [0.1, 0.15) is 0 Å². The Morgan fingerprint density at radius 1 is 1.41 bits per heavy atom. The number of carbonyl (C=O) groups is 1. The lowest BCUT2D eigenvalue weighted by atomic mass is 10.0. The summed E-state index contributed by atoms with van der Waals surface area (Å²) in [5.41, 5.74) is 0.991. The van der Waals surface area contributed by atoms with Gasteiger partial charge in [-0.15, -0.1) is 0 Å². The van der Waals surface area contributed by atoms with Crippen LogP contribution in [0.15, 0.2) is 24.3 Å². The van der Waals surface area contributed by atoms with Gasteiger partial charge in [0, 0.05) is 17.6 Å². The van der Waals surface area contributed by atoms with Crippen molar-refractivity contribution < 1.29 is 9.90 Å². The topological polar surface area (TPSA) is 49.3 Å². The third kappa shape index (κ3) is 4.75. The van der Waals surface area contributed by atoms with Crippen molar-refractivity contribution in [3.05, 3.63) is 34.9 Å². The first-order valence-electron chi connectivity index (χ1n) is 5.69. The monoisotopic (exact) mass is 255 g/mol. The molecule has 2 N–H and O–H groups in total. The second kappa shape index (κ2) is 6.62. The average Bonchev–Trinajstić information content (AvgIpc) is 2.25. The highest BCUT2D eigenvalue weighted by atomic mass is 35.5. The van der Waals surface area contributed by atoms with Crippen molar-refractivity contribution in [3.63, 3.8) is 0 Å². The Bertz CT molecular complexity index is 379. The molecule has 4 heteroatoms. The van der Waals surface area contributed by atoms with Gasteiger partial charge < -0.3 is 10.4 Å². The van der Waals surface area contributed by atoms with Crippen LogP contribution in [0.1, 0.15) is 25.8 Å². The van der Waals surface area contributed by atoms with Gasteiger partial charge in [-0.3, -0.25) is 4.79 Å². The zero-order chi connectivity index (χ0) is 12.8. The highest BCUT2D eigenvalue weighted by molar-refractivity contribution is 6.31. The number of benzene rings is 1. The summed E-state index contributed by atoms with van der Waals surface area (Å²) in [6, 6.07) is 7.53. The fourth-order valence-corrected chi connectivity index (χ4v) is 1.82. The minimum atomic E-state index is -0.782. The molecule has 0 bridgehead atoms. The Hall–Kier alpha value is -1.06. The Balaban J connectivity index is 2.58. The van der Waals surface area contributed by atoms with Crippen molar-refractivity contribution in [2.75, 3.05) is 0 Å². The molecular weight excluding hydrogens is 238 g/mol. The van der Waals surface area contributed by atoms with Crippen molar-refractivity contribution >= 4 is 17.6 Å². The van der Waals surface area contributed by atoms with E-state index in [9.17, 15) is 4.79 Å². The number of hydrogen-bond acceptors (Lipinski definition) is 2. The molecule has 0 aliphatic carbocycles. The number of carboxylic acid groups (broad SMARTS) is 1. The van der Waals surface area contributed by atoms with Gasteiger partial charge in [-0.2, -0.15) is 0 Å². The lowest BCUT2D eigenvalue weighted by molar-refractivity contribution is -0.137. The maximum absolute atomic E-state index is 10.7. The normalized spacial score (nSPS) is 12.7. The Morgan fingerprint density at radius 3 is 2.59 bits per heavy atom. The van der Waals surface area contributed by atoms with Gasteiger partial charge in [0.15, 0.2) is 0 Å². The van der Waals surface area contributed by atoms with Crippen molar-refractivity contribution in [3.8, 4) is 0 Å². The van der Waals surface area contributed by atoms with Crippen molar-refractivity contribution in [1.29, 1.82) is 0 Å². The highest BCUT2D eigenvalue weighted by Crippen LogP contribution is 2.15. The third-order valence-corrected chi connectivity index (χ3v) is 3.08. The van der Waals surface area contributed by atoms with Crippen LogP contribution in [0.2, 0.25) is 5.02 Å². The minimum absolute atomic E-state index is 0.0382. The molecule has 3 nitrogen and oxygen atoms in total. The smallest absolute Gasteiger partial charge is 0.304 e. The zero-order valence-electron chi connectivity index (χ0n) is 10.1. The Morgan fingerprint density at radius 2 is 2.06 bits per heavy atom. The molecule has 1 rings (SSSR count). The van der Waals surface area contributed by atoms with Crippen LogP contribution in [0.4, 0.5) is 0 Å². The number of nitrogens with one attached hydrogen (secondary N) is 1. The number of hydrogen-bond donors (Lipinski definition) is 2. The van der Waals surface area contributed by atoms with E-state index in [1.165, 1.54) is 0 Å². The lowest BCUT2D eigenvalue weighted by Crippen LogP contribution is -2.35. The van der Waals surface area contributed by atoms with E-state index in [0.717, 1.165) is 5.56 Å². The maximum Gasteiger partial charge on any atom is 0.304 e. The van der Waals surface area contributed by atoms with Gasteiger partial charge in [-0.1, -0.05) is 43.6 Å². The van der Waals surface area contributed by atoms with Crippen molar-refractivity contribution in [2.45, 2.75) is 32.9 Å². The fourth-order valence-electron chi connectivity index (χ4n) is 1.61. The van der Waals surface area contributed by atoms with E-state index in [-0.39, 0.29) is 18.4 Å². The first kappa shape index (κ1) is 14.0. The molecule has 0 aromatic heterocycles. The van der Waals surface area contributed by atoms with E-state index in [1.807, 2.05) is 38.1 Å². The van der Waals surface area contributed by atoms with Crippen LogP contribution in [-0.4, -0.2) is 17.1 Å². The average molecular weight is 256 g/mol. The maximum atomic E-state index is 10.7. The summed E-state index contributed by atoms with van der Waals surface area (Å²) in [5, 5.41) is 12.8. The van der Waals surface area contributed by atoms with Gasteiger partial charge in [-0.05, 0) is 17.5 Å². The summed E-state index contributed by atoms with van der Waals surface area (Å²) in [7, 11) is 0. The predicted octanol–water partition coefficient (Wildman–Crippen LogP) is 2.93. The summed E-state index contributed by atoms with van der Waals surface area (Å²) in [4.78, 5) is 10.7. The van der Waals surface area contributed by atoms with Gasteiger partial charge >= 0.3 is 5.97 Å². The summed E-state index contributed by atoms with van der Waals surface area (Å²) < 4.78 is 0. The van der Waals surface area contributed by atoms with Crippen LogP contribution in [0, 0.1) is 5.92 Å². The van der Waals surface area contributed by atoms with Crippen molar-refractivity contribution in [1.82, 2.24) is 5.32 Å². The summed E-state index contributed by atoms with van der Waals surface area (Å²) in [6.45, 7) is 4.61. The molecule has 1 aromatic rings. The first-order valence-corrected chi connectivity index (χ1v) is 6.07. The Labute approximate surface area is 107 Å². The van der Waals surface area contributed by atoms with Gasteiger partial charge in [0.2, 0.25) is 0 Å². The molecule has 0 amide bonds. The number of halogens is 1. The molecular formula is C13H18ClNO2. The molecule has 0 aliphatic heterocycles. The SMILES string of the molecule is CC(C)[C@H](CC(=O)O)NCc1ccccc1Cl. The first-order chi connectivity index (χ1) is 8.00. The van der Waals surface area contributed by atoms with Crippen LogP contribution in [0.25, 0.3) is 0 Å². The van der Waals surface area contributed by atoms with E-state index in [2.05, 4.69) is 5.32 Å². The molecule has 0 aliphatic rings. The van der Waals surface area contributed by atoms with Crippen LogP contribution in [0.3, 0.4) is 0 Å². The molecule has 0 radical (unpaired) electrons. The molecule has 0 spiro atoms. The molecule has 0 saturated carbocycles. The second-order valence-electron chi connectivity index (χ2n) is 4.42. The molecule has 0 heterocycles. The second-order valence-corrected chi connectivity index (χ2v) is 4.83. The third-order valence-electron chi connectivity index (χ3n) is 2.71. The van der Waals surface area contributed by atoms with E-state index < -0.39 is 5.97 Å². The van der Waals surface area contributed by atoms with E-state index in [1.54, 1.807) is 0 Å². The molecule has 0 unspecified atom stereocenters. The molecule has 1 atom stereocenters. The number of aliphatic carboxylic acids is 1. The van der Waals surface area contributed by atoms with Crippen molar-refractivity contribution in [2.24, 2.45) is 5.92 Å². The molecule has 0 saturated heterocycles. The molecule has 17 heavy (non-hydrogen) atoms. The highest BCUT2D eigenvalue weighted by Gasteiger charge is 2.16. The summed E-state index contributed by atoms with van der Waals surface area (Å²) in [6.07, 6.45) is 0.127. The van der Waals surface area contributed by atoms with Crippen LogP contribution in [0.5, 0.6) is 0 Å².